The Morgan fingerprint density at radius 1 is 1.40 bits per heavy atom. The van der Waals surface area contributed by atoms with E-state index in [0.29, 0.717) is 12.0 Å². The molecule has 0 aliphatic carbocycles. The van der Waals surface area contributed by atoms with Crippen molar-refractivity contribution in [3.05, 3.63) is 29.3 Å². The third kappa shape index (κ3) is 2.54. The summed E-state index contributed by atoms with van der Waals surface area (Å²) in [6.07, 6.45) is 0.414. The molecular formula is C15H18N2O2S. The Kier molecular flexibility index (Phi) is 3.24. The molecule has 1 aromatic carbocycles. The zero-order chi connectivity index (χ0) is 14.3. The topological polar surface area (TPSA) is 49.4 Å². The molecule has 4 nitrogen and oxygen atoms in total. The number of hydrogen-bond donors (Lipinski definition) is 1. The highest BCUT2D eigenvalue weighted by Gasteiger charge is 2.30. The molecule has 0 unspecified atom stereocenters. The third-order valence-corrected chi connectivity index (χ3v) is 4.99. The van der Waals surface area contributed by atoms with Gasteiger partial charge in [-0.25, -0.2) is 0 Å². The number of hydrogen-bond acceptors (Lipinski definition) is 3. The minimum Gasteiger partial charge on any atom is -0.336 e. The number of carbonyl (C=O) groups is 2. The van der Waals surface area contributed by atoms with Crippen molar-refractivity contribution in [2.75, 3.05) is 24.2 Å². The van der Waals surface area contributed by atoms with Crippen LogP contribution in [0.15, 0.2) is 18.2 Å². The van der Waals surface area contributed by atoms with Crippen LogP contribution in [0.25, 0.3) is 0 Å². The lowest BCUT2D eigenvalue weighted by molar-refractivity contribution is -0.115. The van der Waals surface area contributed by atoms with Crippen LogP contribution in [0.2, 0.25) is 0 Å². The van der Waals surface area contributed by atoms with E-state index in [1.165, 1.54) is 0 Å². The minimum absolute atomic E-state index is 0.0000971. The summed E-state index contributed by atoms with van der Waals surface area (Å²) in [7, 11) is 0. The molecule has 3 rings (SSSR count). The first-order valence-corrected chi connectivity index (χ1v) is 7.79. The lowest BCUT2D eigenvalue weighted by atomic mass is 10.1. The van der Waals surface area contributed by atoms with Crippen LogP contribution in [0, 0.1) is 0 Å². The Morgan fingerprint density at radius 2 is 2.20 bits per heavy atom. The van der Waals surface area contributed by atoms with Crippen LogP contribution in [-0.2, 0) is 11.2 Å². The summed E-state index contributed by atoms with van der Waals surface area (Å²) in [4.78, 5) is 25.8. The summed E-state index contributed by atoms with van der Waals surface area (Å²) in [5, 5.41) is 2.80. The van der Waals surface area contributed by atoms with Crippen molar-refractivity contribution in [3.63, 3.8) is 0 Å². The average molecular weight is 290 g/mol. The standard InChI is InChI=1S/C15H18N2O2S/c1-15(2)9-17(5-6-20-15)14(19)11-4-3-10-8-13(18)16-12(10)7-11/h3-4,7H,5-6,8-9H2,1-2H3,(H,16,18). The maximum atomic E-state index is 12.6. The van der Waals surface area contributed by atoms with Gasteiger partial charge in [-0.15, -0.1) is 0 Å². The number of carbonyl (C=O) groups excluding carboxylic acids is 2. The van der Waals surface area contributed by atoms with E-state index < -0.39 is 0 Å². The van der Waals surface area contributed by atoms with Crippen LogP contribution < -0.4 is 5.32 Å². The Morgan fingerprint density at radius 3 is 2.95 bits per heavy atom. The first-order valence-electron chi connectivity index (χ1n) is 6.81. The molecule has 2 aliphatic rings. The summed E-state index contributed by atoms with van der Waals surface area (Å²) in [5.41, 5.74) is 2.42. The largest absolute Gasteiger partial charge is 0.336 e. The van der Waals surface area contributed by atoms with E-state index in [-0.39, 0.29) is 16.6 Å². The Bertz CT molecular complexity index is 583. The predicted octanol–water partition coefficient (Wildman–Crippen LogP) is 2.15. The van der Waals surface area contributed by atoms with Gasteiger partial charge in [-0.3, -0.25) is 9.59 Å². The zero-order valence-corrected chi connectivity index (χ0v) is 12.5. The summed E-state index contributed by atoms with van der Waals surface area (Å²) >= 11 is 1.91. The van der Waals surface area contributed by atoms with Gasteiger partial charge < -0.3 is 10.2 Å². The molecule has 2 amide bonds. The van der Waals surface area contributed by atoms with Crippen LogP contribution in [0.1, 0.15) is 29.8 Å². The predicted molar refractivity (Wildman–Crippen MR) is 81.2 cm³/mol. The number of benzene rings is 1. The third-order valence-electron chi connectivity index (χ3n) is 3.69. The Balaban J connectivity index is 1.81. The second-order valence-electron chi connectivity index (χ2n) is 5.93. The maximum Gasteiger partial charge on any atom is 0.254 e. The zero-order valence-electron chi connectivity index (χ0n) is 11.7. The van der Waals surface area contributed by atoms with Gasteiger partial charge in [-0.1, -0.05) is 6.07 Å². The molecule has 106 valence electrons. The van der Waals surface area contributed by atoms with Crippen LogP contribution in [0.5, 0.6) is 0 Å². The van der Waals surface area contributed by atoms with Crippen molar-refractivity contribution in [2.24, 2.45) is 0 Å². The molecule has 0 saturated carbocycles. The van der Waals surface area contributed by atoms with Crippen molar-refractivity contribution < 1.29 is 9.59 Å². The summed E-state index contributed by atoms with van der Waals surface area (Å²) < 4.78 is 0.110. The van der Waals surface area contributed by atoms with Gasteiger partial charge in [0.15, 0.2) is 0 Å². The lowest BCUT2D eigenvalue weighted by Gasteiger charge is -2.37. The number of nitrogens with zero attached hydrogens (tertiary/aromatic N) is 1. The first-order chi connectivity index (χ1) is 9.44. The highest BCUT2D eigenvalue weighted by Crippen LogP contribution is 2.31. The molecule has 1 saturated heterocycles. The van der Waals surface area contributed by atoms with E-state index in [0.717, 1.165) is 30.1 Å². The fourth-order valence-corrected chi connectivity index (χ4v) is 3.83. The van der Waals surface area contributed by atoms with Gasteiger partial charge in [0.25, 0.3) is 5.91 Å². The van der Waals surface area contributed by atoms with Crippen molar-refractivity contribution in [1.29, 1.82) is 0 Å². The number of thioether (sulfide) groups is 1. The maximum absolute atomic E-state index is 12.6. The molecule has 20 heavy (non-hydrogen) atoms. The van der Waals surface area contributed by atoms with E-state index in [9.17, 15) is 9.59 Å². The van der Waals surface area contributed by atoms with Crippen LogP contribution in [0.4, 0.5) is 5.69 Å². The van der Waals surface area contributed by atoms with Crippen molar-refractivity contribution >= 4 is 29.3 Å². The highest BCUT2D eigenvalue weighted by molar-refractivity contribution is 8.00. The van der Waals surface area contributed by atoms with Crippen LogP contribution >= 0.6 is 11.8 Å². The number of anilines is 1. The van der Waals surface area contributed by atoms with Gasteiger partial charge >= 0.3 is 0 Å². The SMILES string of the molecule is CC1(C)CN(C(=O)c2ccc3c(c2)NC(=O)C3)CCS1. The smallest absolute Gasteiger partial charge is 0.254 e. The number of amides is 2. The van der Waals surface area contributed by atoms with Gasteiger partial charge in [0.2, 0.25) is 5.91 Å². The fourth-order valence-electron chi connectivity index (χ4n) is 2.72. The molecular weight excluding hydrogens is 272 g/mol. The average Bonchev–Trinajstić information content (AvgIpc) is 2.75. The number of rotatable bonds is 1. The monoisotopic (exact) mass is 290 g/mol. The van der Waals surface area contributed by atoms with Gasteiger partial charge in [0, 0.05) is 34.8 Å². The molecule has 0 spiro atoms. The molecule has 2 aliphatic heterocycles. The van der Waals surface area contributed by atoms with Gasteiger partial charge in [0.1, 0.15) is 0 Å². The van der Waals surface area contributed by atoms with E-state index in [4.69, 9.17) is 0 Å². The minimum atomic E-state index is 0.0000971. The second-order valence-corrected chi connectivity index (χ2v) is 7.73. The summed E-state index contributed by atoms with van der Waals surface area (Å²) in [6, 6.07) is 5.51. The number of fused-ring (bicyclic) bond motifs is 1. The molecule has 1 fully saturated rings. The van der Waals surface area contributed by atoms with E-state index in [1.807, 2.05) is 28.8 Å². The molecule has 2 heterocycles. The van der Waals surface area contributed by atoms with Crippen molar-refractivity contribution in [2.45, 2.75) is 25.0 Å². The van der Waals surface area contributed by atoms with Gasteiger partial charge in [-0.2, -0.15) is 11.8 Å². The van der Waals surface area contributed by atoms with Gasteiger partial charge in [0.05, 0.1) is 6.42 Å². The molecule has 0 radical (unpaired) electrons. The molecule has 0 atom stereocenters. The first kappa shape index (κ1) is 13.5. The molecule has 5 heteroatoms. The molecule has 0 aromatic heterocycles. The van der Waals surface area contributed by atoms with E-state index >= 15 is 0 Å². The summed E-state index contributed by atoms with van der Waals surface area (Å²) in [5.74, 6) is 1.03. The van der Waals surface area contributed by atoms with Crippen LogP contribution in [-0.4, -0.2) is 40.3 Å². The van der Waals surface area contributed by atoms with E-state index in [2.05, 4.69) is 19.2 Å². The lowest BCUT2D eigenvalue weighted by Crippen LogP contribution is -2.46. The normalized spacial score (nSPS) is 20.5. The fraction of sp³-hybridized carbons (Fsp3) is 0.467. The molecule has 1 N–H and O–H groups in total. The Labute approximate surface area is 122 Å². The molecule has 1 aromatic rings. The quantitative estimate of drug-likeness (QED) is 0.862. The molecule has 0 bridgehead atoms. The Hall–Kier alpha value is -1.49. The number of nitrogens with one attached hydrogen (secondary N) is 1. The van der Waals surface area contributed by atoms with Crippen molar-refractivity contribution in [1.82, 2.24) is 4.90 Å². The van der Waals surface area contributed by atoms with E-state index in [1.54, 1.807) is 6.07 Å². The van der Waals surface area contributed by atoms with Gasteiger partial charge in [-0.05, 0) is 31.5 Å². The second kappa shape index (κ2) is 4.81. The van der Waals surface area contributed by atoms with Crippen LogP contribution in [0.3, 0.4) is 0 Å². The van der Waals surface area contributed by atoms with Crippen molar-refractivity contribution in [3.8, 4) is 0 Å². The highest BCUT2D eigenvalue weighted by atomic mass is 32.2. The summed E-state index contributed by atoms with van der Waals surface area (Å²) in [6.45, 7) is 5.89.